The van der Waals surface area contributed by atoms with Gasteiger partial charge in [0.25, 0.3) is 0 Å². The molecule has 17 heavy (non-hydrogen) atoms. The first-order valence-electron chi connectivity index (χ1n) is 5.85. The minimum Gasteiger partial charge on any atom is -0.385 e. The van der Waals surface area contributed by atoms with Gasteiger partial charge in [0.1, 0.15) is 0 Å². The summed E-state index contributed by atoms with van der Waals surface area (Å²) in [5, 5.41) is 5.29. The molecule has 0 radical (unpaired) electrons. The molecule has 0 bridgehead atoms. The lowest BCUT2D eigenvalue weighted by molar-refractivity contribution is 1.15. The standard InChI is InChI=1S/C14H17ClN2/c1-5-16-14-9(3)10(4)17-13-8(2)6-11(15)7-12(13)14/h6-7H,5H2,1-4H3,(H,16,17). The van der Waals surface area contributed by atoms with E-state index >= 15 is 0 Å². The van der Waals surface area contributed by atoms with Crippen molar-refractivity contribution >= 4 is 28.2 Å². The number of nitrogens with zero attached hydrogens (tertiary/aromatic N) is 1. The van der Waals surface area contributed by atoms with Crippen LogP contribution < -0.4 is 5.32 Å². The summed E-state index contributed by atoms with van der Waals surface area (Å²) in [5.41, 5.74) is 5.57. The number of halogens is 1. The molecule has 0 saturated heterocycles. The van der Waals surface area contributed by atoms with Gasteiger partial charge in [0.15, 0.2) is 0 Å². The SMILES string of the molecule is CCNc1c(C)c(C)nc2c(C)cc(Cl)cc12. The van der Waals surface area contributed by atoms with E-state index in [1.807, 2.05) is 26.0 Å². The van der Waals surface area contributed by atoms with E-state index in [0.717, 1.165) is 39.4 Å². The van der Waals surface area contributed by atoms with Crippen LogP contribution in [0.2, 0.25) is 5.02 Å². The van der Waals surface area contributed by atoms with E-state index in [9.17, 15) is 0 Å². The van der Waals surface area contributed by atoms with Crippen molar-refractivity contribution < 1.29 is 0 Å². The van der Waals surface area contributed by atoms with Gasteiger partial charge in [-0.05, 0) is 51.0 Å². The maximum Gasteiger partial charge on any atom is 0.0756 e. The van der Waals surface area contributed by atoms with E-state index in [0.29, 0.717) is 0 Å². The van der Waals surface area contributed by atoms with Gasteiger partial charge in [0.2, 0.25) is 0 Å². The number of aromatic nitrogens is 1. The van der Waals surface area contributed by atoms with Gasteiger partial charge >= 0.3 is 0 Å². The van der Waals surface area contributed by atoms with E-state index < -0.39 is 0 Å². The molecule has 0 unspecified atom stereocenters. The average Bonchev–Trinajstić information content (AvgIpc) is 2.26. The summed E-state index contributed by atoms with van der Waals surface area (Å²) in [4.78, 5) is 4.66. The highest BCUT2D eigenvalue weighted by atomic mass is 35.5. The fourth-order valence-corrected chi connectivity index (χ4v) is 2.39. The lowest BCUT2D eigenvalue weighted by atomic mass is 10.0. The molecule has 2 rings (SSSR count). The summed E-state index contributed by atoms with van der Waals surface area (Å²) >= 11 is 6.13. The molecule has 1 N–H and O–H groups in total. The molecule has 0 aliphatic rings. The summed E-state index contributed by atoms with van der Waals surface area (Å²) in [6.07, 6.45) is 0. The Morgan fingerprint density at radius 3 is 2.59 bits per heavy atom. The van der Waals surface area contributed by atoms with Crippen molar-refractivity contribution in [1.29, 1.82) is 0 Å². The number of nitrogens with one attached hydrogen (secondary N) is 1. The van der Waals surface area contributed by atoms with Gasteiger partial charge in [0.05, 0.1) is 5.52 Å². The van der Waals surface area contributed by atoms with Gasteiger partial charge in [-0.1, -0.05) is 11.6 Å². The summed E-state index contributed by atoms with van der Waals surface area (Å²) in [6.45, 7) is 9.18. The van der Waals surface area contributed by atoms with Crippen molar-refractivity contribution in [3.05, 3.63) is 34.0 Å². The molecule has 0 spiro atoms. The molecular weight excluding hydrogens is 232 g/mol. The van der Waals surface area contributed by atoms with Crippen molar-refractivity contribution in [2.75, 3.05) is 11.9 Å². The molecule has 1 aromatic carbocycles. The number of fused-ring (bicyclic) bond motifs is 1. The third-order valence-electron chi connectivity index (χ3n) is 3.09. The van der Waals surface area contributed by atoms with Gasteiger partial charge in [-0.2, -0.15) is 0 Å². The maximum absolute atomic E-state index is 6.13. The molecular formula is C14H17ClN2. The third kappa shape index (κ3) is 2.09. The minimum atomic E-state index is 0.763. The van der Waals surface area contributed by atoms with E-state index in [-0.39, 0.29) is 0 Å². The molecule has 2 aromatic rings. The summed E-state index contributed by atoms with van der Waals surface area (Å²) in [5.74, 6) is 0. The van der Waals surface area contributed by atoms with Crippen LogP contribution in [-0.4, -0.2) is 11.5 Å². The Hall–Kier alpha value is -1.28. The molecule has 3 heteroatoms. The van der Waals surface area contributed by atoms with Gasteiger partial charge in [0, 0.05) is 28.3 Å². The monoisotopic (exact) mass is 248 g/mol. The molecule has 0 saturated carbocycles. The quantitative estimate of drug-likeness (QED) is 0.860. The van der Waals surface area contributed by atoms with Crippen LogP contribution in [0.1, 0.15) is 23.7 Å². The number of hydrogen-bond donors (Lipinski definition) is 1. The lowest BCUT2D eigenvalue weighted by Gasteiger charge is -2.15. The Labute approximate surface area is 107 Å². The molecule has 0 amide bonds. The number of rotatable bonds is 2. The Balaban J connectivity index is 2.87. The largest absolute Gasteiger partial charge is 0.385 e. The Kier molecular flexibility index (Phi) is 3.25. The van der Waals surface area contributed by atoms with Crippen molar-refractivity contribution in [3.8, 4) is 0 Å². The summed E-state index contributed by atoms with van der Waals surface area (Å²) in [6, 6.07) is 3.95. The first kappa shape index (κ1) is 12.2. The highest BCUT2D eigenvalue weighted by Gasteiger charge is 2.11. The number of aryl methyl sites for hydroxylation is 2. The van der Waals surface area contributed by atoms with Crippen LogP contribution in [0.25, 0.3) is 10.9 Å². The van der Waals surface area contributed by atoms with Crippen molar-refractivity contribution in [3.63, 3.8) is 0 Å². The Morgan fingerprint density at radius 2 is 1.94 bits per heavy atom. The van der Waals surface area contributed by atoms with Crippen molar-refractivity contribution in [1.82, 2.24) is 4.98 Å². The molecule has 0 fully saturated rings. The second-order valence-electron chi connectivity index (χ2n) is 4.35. The third-order valence-corrected chi connectivity index (χ3v) is 3.30. The Bertz CT molecular complexity index is 576. The van der Waals surface area contributed by atoms with Crippen LogP contribution >= 0.6 is 11.6 Å². The molecule has 0 aliphatic carbocycles. The summed E-state index contributed by atoms with van der Waals surface area (Å²) < 4.78 is 0. The van der Waals surface area contributed by atoms with Crippen molar-refractivity contribution in [2.24, 2.45) is 0 Å². The summed E-state index contributed by atoms with van der Waals surface area (Å²) in [7, 11) is 0. The first-order valence-corrected chi connectivity index (χ1v) is 6.23. The zero-order valence-electron chi connectivity index (χ0n) is 10.7. The zero-order valence-corrected chi connectivity index (χ0v) is 11.4. The second kappa shape index (κ2) is 4.53. The van der Waals surface area contributed by atoms with E-state index in [1.54, 1.807) is 0 Å². The topological polar surface area (TPSA) is 24.9 Å². The van der Waals surface area contributed by atoms with Crippen LogP contribution in [0.3, 0.4) is 0 Å². The van der Waals surface area contributed by atoms with Gasteiger partial charge in [-0.3, -0.25) is 4.98 Å². The van der Waals surface area contributed by atoms with E-state index in [4.69, 9.17) is 11.6 Å². The second-order valence-corrected chi connectivity index (χ2v) is 4.78. The van der Waals surface area contributed by atoms with Crippen LogP contribution in [0.5, 0.6) is 0 Å². The normalized spacial score (nSPS) is 10.9. The first-order chi connectivity index (χ1) is 8.04. The van der Waals surface area contributed by atoms with Crippen LogP contribution in [0.4, 0.5) is 5.69 Å². The van der Waals surface area contributed by atoms with E-state index in [1.165, 1.54) is 5.56 Å². The highest BCUT2D eigenvalue weighted by molar-refractivity contribution is 6.31. The van der Waals surface area contributed by atoms with E-state index in [2.05, 4.69) is 24.1 Å². The van der Waals surface area contributed by atoms with Crippen molar-refractivity contribution in [2.45, 2.75) is 27.7 Å². The van der Waals surface area contributed by atoms with Gasteiger partial charge in [-0.15, -0.1) is 0 Å². The number of benzene rings is 1. The minimum absolute atomic E-state index is 0.763. The lowest BCUT2D eigenvalue weighted by Crippen LogP contribution is -2.03. The molecule has 1 aromatic heterocycles. The number of pyridine rings is 1. The fraction of sp³-hybridized carbons (Fsp3) is 0.357. The molecule has 90 valence electrons. The van der Waals surface area contributed by atoms with Gasteiger partial charge in [-0.25, -0.2) is 0 Å². The highest BCUT2D eigenvalue weighted by Crippen LogP contribution is 2.31. The Morgan fingerprint density at radius 1 is 1.24 bits per heavy atom. The number of anilines is 1. The molecule has 1 heterocycles. The zero-order chi connectivity index (χ0) is 12.6. The predicted molar refractivity (Wildman–Crippen MR) is 75.1 cm³/mol. The van der Waals surface area contributed by atoms with Gasteiger partial charge < -0.3 is 5.32 Å². The maximum atomic E-state index is 6.13. The molecule has 0 aliphatic heterocycles. The number of hydrogen-bond acceptors (Lipinski definition) is 2. The van der Waals surface area contributed by atoms with Crippen LogP contribution in [0.15, 0.2) is 12.1 Å². The molecule has 0 atom stereocenters. The predicted octanol–water partition coefficient (Wildman–Crippen LogP) is 4.25. The smallest absolute Gasteiger partial charge is 0.0756 e. The fourth-order valence-electron chi connectivity index (χ4n) is 2.11. The average molecular weight is 249 g/mol. The van der Waals surface area contributed by atoms with Crippen LogP contribution in [0, 0.1) is 20.8 Å². The van der Waals surface area contributed by atoms with Crippen LogP contribution in [-0.2, 0) is 0 Å². The molecule has 2 nitrogen and oxygen atoms in total.